The van der Waals surface area contributed by atoms with Crippen LogP contribution >= 0.6 is 0 Å². The third-order valence-corrected chi connectivity index (χ3v) is 14.2. The van der Waals surface area contributed by atoms with Crippen LogP contribution in [0.5, 0.6) is 0 Å². The largest absolute Gasteiger partial charge is 0.522 e. The van der Waals surface area contributed by atoms with Gasteiger partial charge in [-0.25, -0.2) is 0 Å². The maximum Gasteiger partial charge on any atom is 0.522 e. The first-order valence-electron chi connectivity index (χ1n) is 10.5. The van der Waals surface area contributed by atoms with E-state index in [0.717, 1.165) is 0 Å². The molecule has 0 saturated carbocycles. The molecule has 0 spiro atoms. The molecule has 0 N–H and O–H groups in total. The molecular weight excluding hydrogens is 692 g/mol. The molecule has 0 amide bonds. The first-order chi connectivity index (χ1) is 17.7. The fraction of sp³-hybridized carbons (Fsp3) is 1.00. The molecule has 3 nitrogen and oxygen atoms in total. The summed E-state index contributed by atoms with van der Waals surface area (Å²) < 4.78 is 298. The Bertz CT molecular complexity index is 1070. The third kappa shape index (κ3) is 5.43. The van der Waals surface area contributed by atoms with E-state index >= 15 is 0 Å². The van der Waals surface area contributed by atoms with Crippen molar-refractivity contribution in [1.29, 1.82) is 0 Å². The topological polar surface area (TPSA) is 43.4 Å². The number of alkyl halides is 20. The highest BCUT2D eigenvalue weighted by atomic mass is 32.2. The number of rotatable bonds is 12. The summed E-state index contributed by atoms with van der Waals surface area (Å²) in [5.74, 6) is -59.0. The normalized spacial score (nSPS) is 17.3. The predicted molar refractivity (Wildman–Crippen MR) is 102 cm³/mol. The van der Waals surface area contributed by atoms with Crippen LogP contribution in [-0.4, -0.2) is 69.9 Å². The molecule has 1 atom stereocenters. The van der Waals surface area contributed by atoms with Gasteiger partial charge in [-0.05, 0) is 11.1 Å². The highest BCUT2D eigenvalue weighted by Crippen LogP contribution is 2.66. The first-order valence-corrected chi connectivity index (χ1v) is 14.0. The second kappa shape index (κ2) is 10.7. The number of hydrogen-bond donors (Lipinski definition) is 0. The van der Waals surface area contributed by atoms with Gasteiger partial charge >= 0.3 is 63.3 Å². The molecule has 0 aromatic heterocycles. The van der Waals surface area contributed by atoms with Crippen molar-refractivity contribution in [2.45, 2.75) is 104 Å². The van der Waals surface area contributed by atoms with Crippen molar-refractivity contribution >= 4 is 18.4 Å². The Morgan fingerprint density at radius 2 is 0.738 bits per heavy atom. The second-order valence-electron chi connectivity index (χ2n) is 9.43. The molecule has 0 aliphatic carbocycles. The van der Waals surface area contributed by atoms with Crippen LogP contribution in [0.3, 0.4) is 0 Å². The Kier molecular flexibility index (Phi) is 10.3. The lowest BCUT2D eigenvalue weighted by molar-refractivity contribution is -0.461. The molecule has 0 aromatic rings. The van der Waals surface area contributed by atoms with Crippen LogP contribution in [0.15, 0.2) is 0 Å². The summed E-state index contributed by atoms with van der Waals surface area (Å²) in [5, 5.41) is 0. The Morgan fingerprint density at radius 1 is 0.476 bits per heavy atom. The van der Waals surface area contributed by atoms with E-state index in [9.17, 15) is 96.2 Å². The predicted octanol–water partition coefficient (Wildman–Crippen LogP) is 9.02. The summed E-state index contributed by atoms with van der Waals surface area (Å²) in [6.07, 6.45) is -7.94. The zero-order valence-corrected chi connectivity index (χ0v) is 22.7. The standard InChI is InChI=1S/C17H18F20O3SSi/c1-6(2)42(7(3)4,40-41(38,39)17(35,36)37)8(5)9(18,19)10(20,21)11(22,23)12(24,25)13(26,27)14(28,29)15(30,31)16(32,33)34/h6-8H,1-5H3. The molecule has 1 unspecified atom stereocenters. The minimum atomic E-state index is -8.90. The fourth-order valence-electron chi connectivity index (χ4n) is 3.90. The van der Waals surface area contributed by atoms with E-state index in [2.05, 4.69) is 3.87 Å². The molecule has 25 heteroatoms. The smallest absolute Gasteiger partial charge is 0.307 e. The van der Waals surface area contributed by atoms with Crippen molar-refractivity contribution in [2.75, 3.05) is 0 Å². The van der Waals surface area contributed by atoms with Gasteiger partial charge in [-0.2, -0.15) is 96.2 Å². The van der Waals surface area contributed by atoms with Crippen molar-refractivity contribution in [3.05, 3.63) is 0 Å². The molecule has 0 saturated heterocycles. The van der Waals surface area contributed by atoms with Crippen molar-refractivity contribution in [2.24, 2.45) is 0 Å². The van der Waals surface area contributed by atoms with Gasteiger partial charge in [-0.1, -0.05) is 34.6 Å². The lowest BCUT2D eigenvalue weighted by Gasteiger charge is -2.48. The Balaban J connectivity index is 7.47. The second-order valence-corrected chi connectivity index (χ2v) is 16.4. The van der Waals surface area contributed by atoms with Crippen LogP contribution in [0.1, 0.15) is 34.6 Å². The third-order valence-electron chi connectivity index (χ3n) is 6.31. The number of hydrogen-bond acceptors (Lipinski definition) is 3. The molecule has 0 rings (SSSR count). The fourth-order valence-corrected chi connectivity index (χ4v) is 12.0. The summed E-state index contributed by atoms with van der Waals surface area (Å²) in [7, 11) is -13.1. The molecule has 0 fully saturated rings. The zero-order valence-electron chi connectivity index (χ0n) is 20.9. The Hall–Kier alpha value is -1.27. The van der Waals surface area contributed by atoms with Gasteiger partial charge in [0, 0.05) is 5.54 Å². The van der Waals surface area contributed by atoms with Crippen molar-refractivity contribution in [3.63, 3.8) is 0 Å². The SMILES string of the molecule is CC(C)[Si](OS(=O)(=O)C(F)(F)F)(C(C)C)C(C)C(F)(F)C(F)(F)C(F)(F)C(F)(F)C(F)(F)C(F)(F)C(F)(F)C(F)(F)F. The van der Waals surface area contributed by atoms with Gasteiger partial charge in [-0.3, -0.25) is 0 Å². The summed E-state index contributed by atoms with van der Waals surface area (Å²) in [6.45, 7) is 1.55. The van der Waals surface area contributed by atoms with Gasteiger partial charge in [0.2, 0.25) is 8.32 Å². The van der Waals surface area contributed by atoms with E-state index in [0.29, 0.717) is 27.7 Å². The van der Waals surface area contributed by atoms with Crippen molar-refractivity contribution < 1.29 is 100 Å². The van der Waals surface area contributed by atoms with E-state index in [-0.39, 0.29) is 0 Å². The minimum Gasteiger partial charge on any atom is -0.307 e. The van der Waals surface area contributed by atoms with Crippen molar-refractivity contribution in [1.82, 2.24) is 0 Å². The molecular formula is C17H18F20O3SSi. The minimum absolute atomic E-state index is 0.467. The molecule has 0 bridgehead atoms. The van der Waals surface area contributed by atoms with E-state index in [1.807, 2.05) is 0 Å². The average Bonchev–Trinajstić information content (AvgIpc) is 2.73. The lowest BCUT2D eigenvalue weighted by Crippen LogP contribution is -2.75. The van der Waals surface area contributed by atoms with Gasteiger partial charge in [0.15, 0.2) is 0 Å². The molecule has 0 aliphatic heterocycles. The molecule has 0 aromatic carbocycles. The quantitative estimate of drug-likeness (QED) is 0.115. The van der Waals surface area contributed by atoms with Crippen LogP contribution < -0.4 is 0 Å². The van der Waals surface area contributed by atoms with E-state index < -0.39 is 95.1 Å². The van der Waals surface area contributed by atoms with Crippen LogP contribution in [0.4, 0.5) is 87.8 Å². The summed E-state index contributed by atoms with van der Waals surface area (Å²) in [4.78, 5) is 0. The Morgan fingerprint density at radius 3 is 0.976 bits per heavy atom. The van der Waals surface area contributed by atoms with Crippen LogP contribution in [0.2, 0.25) is 16.6 Å². The molecule has 0 heterocycles. The maximum absolute atomic E-state index is 15.0. The highest BCUT2D eigenvalue weighted by molar-refractivity contribution is 7.88. The van der Waals surface area contributed by atoms with Gasteiger partial charge < -0.3 is 3.87 Å². The molecule has 0 aliphatic rings. The van der Waals surface area contributed by atoms with Crippen LogP contribution in [0, 0.1) is 0 Å². The monoisotopic (exact) mass is 710 g/mol. The Labute approximate surface area is 223 Å². The zero-order chi connectivity index (χ0) is 34.9. The van der Waals surface area contributed by atoms with Gasteiger partial charge in [0.25, 0.3) is 0 Å². The first kappa shape index (κ1) is 40.7. The lowest BCUT2D eigenvalue weighted by atomic mass is 9.88. The van der Waals surface area contributed by atoms with Gasteiger partial charge in [0.05, 0.1) is 0 Å². The van der Waals surface area contributed by atoms with Crippen molar-refractivity contribution in [3.8, 4) is 0 Å². The maximum atomic E-state index is 15.0. The molecule has 42 heavy (non-hydrogen) atoms. The molecule has 254 valence electrons. The summed E-state index contributed by atoms with van der Waals surface area (Å²) >= 11 is 0. The van der Waals surface area contributed by atoms with E-state index in [4.69, 9.17) is 0 Å². The van der Waals surface area contributed by atoms with Crippen LogP contribution in [-0.2, 0) is 14.0 Å². The molecule has 0 radical (unpaired) electrons. The van der Waals surface area contributed by atoms with Gasteiger partial charge in [-0.15, -0.1) is 0 Å². The van der Waals surface area contributed by atoms with Crippen LogP contribution in [0.25, 0.3) is 0 Å². The summed E-state index contributed by atoms with van der Waals surface area (Å²) in [6, 6.07) is 0. The van der Waals surface area contributed by atoms with Gasteiger partial charge in [0.1, 0.15) is 0 Å². The highest BCUT2D eigenvalue weighted by Gasteiger charge is 2.95. The average molecular weight is 710 g/mol. The number of halogens is 20. The van der Waals surface area contributed by atoms with E-state index in [1.54, 1.807) is 0 Å². The summed E-state index contributed by atoms with van der Waals surface area (Å²) in [5.41, 5.74) is -14.8. The van der Waals surface area contributed by atoms with E-state index in [1.165, 1.54) is 0 Å².